The first-order valence-corrected chi connectivity index (χ1v) is 9.96. The number of methoxy groups -OCH3 is 2. The van der Waals surface area contributed by atoms with Crippen LogP contribution in [0.5, 0.6) is 17.2 Å². The molecule has 0 saturated carbocycles. The van der Waals surface area contributed by atoms with Crippen molar-refractivity contribution >= 4 is 17.5 Å². The molecule has 1 N–H and O–H groups in total. The summed E-state index contributed by atoms with van der Waals surface area (Å²) >= 11 is 0. The minimum Gasteiger partial charge on any atom is -0.497 e. The van der Waals surface area contributed by atoms with Crippen LogP contribution < -0.4 is 19.5 Å². The van der Waals surface area contributed by atoms with E-state index in [4.69, 9.17) is 14.2 Å². The fourth-order valence-corrected chi connectivity index (χ4v) is 3.00. The maximum atomic E-state index is 13.0. The van der Waals surface area contributed by atoms with Crippen molar-refractivity contribution in [1.29, 1.82) is 0 Å². The molecule has 1 atom stereocenters. The van der Waals surface area contributed by atoms with Crippen molar-refractivity contribution in [3.05, 3.63) is 58.1 Å². The third kappa shape index (κ3) is 6.34. The third-order valence-electron chi connectivity index (χ3n) is 4.72. The van der Waals surface area contributed by atoms with E-state index in [-0.39, 0.29) is 36.2 Å². The molecule has 172 valence electrons. The number of carbonyl (C=O) groups excluding carboxylic acids is 2. The highest BCUT2D eigenvalue weighted by Gasteiger charge is 2.26. The first-order chi connectivity index (χ1) is 15.3. The summed E-state index contributed by atoms with van der Waals surface area (Å²) in [6, 6.07) is 10.4. The smallest absolute Gasteiger partial charge is 0.311 e. The van der Waals surface area contributed by atoms with Crippen LogP contribution in [0.25, 0.3) is 0 Å². The quantitative estimate of drug-likeness (QED) is 0.417. The molecule has 0 fully saturated rings. The molecular weight excluding hydrogens is 418 g/mol. The molecule has 0 spiro atoms. The Kier molecular flexibility index (Phi) is 8.82. The first kappa shape index (κ1) is 24.4. The summed E-state index contributed by atoms with van der Waals surface area (Å²) in [6.07, 6.45) is 0. The second kappa shape index (κ2) is 11.5. The van der Waals surface area contributed by atoms with Crippen molar-refractivity contribution in [2.45, 2.75) is 26.4 Å². The number of benzene rings is 2. The molecule has 0 aliphatic carbocycles. The zero-order valence-electron chi connectivity index (χ0n) is 18.5. The van der Waals surface area contributed by atoms with Crippen LogP contribution in [0.1, 0.15) is 19.4 Å². The minimum absolute atomic E-state index is 0.0175. The third-order valence-corrected chi connectivity index (χ3v) is 4.72. The van der Waals surface area contributed by atoms with Gasteiger partial charge in [-0.25, -0.2) is 0 Å². The lowest BCUT2D eigenvalue weighted by atomic mass is 10.1. The van der Waals surface area contributed by atoms with Crippen LogP contribution in [0.2, 0.25) is 0 Å². The standard InChI is InChI=1S/C22H27N3O7/c1-5-23-22(27)15(2)24(13-16-7-6-8-17(11-16)30-3)21(26)14-32-18-9-10-19(25(28)29)20(12-18)31-4/h6-12,15H,5,13-14H2,1-4H3,(H,23,27). The summed E-state index contributed by atoms with van der Waals surface area (Å²) in [4.78, 5) is 37.3. The van der Waals surface area contributed by atoms with Crippen molar-refractivity contribution in [2.75, 3.05) is 27.4 Å². The van der Waals surface area contributed by atoms with Gasteiger partial charge >= 0.3 is 5.69 Å². The zero-order chi connectivity index (χ0) is 23.7. The molecule has 10 nitrogen and oxygen atoms in total. The summed E-state index contributed by atoms with van der Waals surface area (Å²) < 4.78 is 15.8. The first-order valence-electron chi connectivity index (χ1n) is 9.96. The van der Waals surface area contributed by atoms with Gasteiger partial charge in [-0.3, -0.25) is 19.7 Å². The van der Waals surface area contributed by atoms with E-state index in [1.165, 1.54) is 30.2 Å². The van der Waals surface area contributed by atoms with Gasteiger partial charge in [-0.1, -0.05) is 12.1 Å². The molecular formula is C22H27N3O7. The van der Waals surface area contributed by atoms with Crippen LogP contribution in [0.15, 0.2) is 42.5 Å². The van der Waals surface area contributed by atoms with Gasteiger partial charge in [0.1, 0.15) is 17.5 Å². The van der Waals surface area contributed by atoms with Gasteiger partial charge in [0.2, 0.25) is 11.7 Å². The van der Waals surface area contributed by atoms with Crippen LogP contribution in [-0.4, -0.2) is 55.1 Å². The average molecular weight is 445 g/mol. The van der Waals surface area contributed by atoms with Gasteiger partial charge in [0.05, 0.1) is 19.1 Å². The lowest BCUT2D eigenvalue weighted by molar-refractivity contribution is -0.385. The predicted octanol–water partition coefficient (Wildman–Crippen LogP) is 2.54. The molecule has 10 heteroatoms. The fourth-order valence-electron chi connectivity index (χ4n) is 3.00. The summed E-state index contributed by atoms with van der Waals surface area (Å²) in [5.74, 6) is 0.163. The maximum absolute atomic E-state index is 13.0. The van der Waals surface area contributed by atoms with Gasteiger partial charge < -0.3 is 24.4 Å². The van der Waals surface area contributed by atoms with Crippen LogP contribution in [-0.2, 0) is 16.1 Å². The van der Waals surface area contributed by atoms with Crippen molar-refractivity contribution in [1.82, 2.24) is 10.2 Å². The number of hydrogen-bond acceptors (Lipinski definition) is 7. The number of nitro groups is 1. The number of ether oxygens (including phenoxy) is 3. The molecule has 2 rings (SSSR count). The molecule has 0 aliphatic rings. The summed E-state index contributed by atoms with van der Waals surface area (Å²) in [5, 5.41) is 13.8. The van der Waals surface area contributed by atoms with Crippen LogP contribution in [0.3, 0.4) is 0 Å². The average Bonchev–Trinajstić information content (AvgIpc) is 2.80. The number of rotatable bonds is 11. The Balaban J connectivity index is 2.20. The topological polar surface area (TPSA) is 120 Å². The lowest BCUT2D eigenvalue weighted by Crippen LogP contribution is -2.49. The summed E-state index contributed by atoms with van der Waals surface area (Å²) in [6.45, 7) is 3.67. The monoisotopic (exact) mass is 445 g/mol. The lowest BCUT2D eigenvalue weighted by Gasteiger charge is -2.28. The van der Waals surface area contributed by atoms with E-state index in [9.17, 15) is 19.7 Å². The minimum atomic E-state index is -0.747. The number of nitrogens with one attached hydrogen (secondary N) is 1. The molecule has 0 aliphatic heterocycles. The molecule has 2 amide bonds. The van der Waals surface area contributed by atoms with Gasteiger partial charge in [0.25, 0.3) is 5.91 Å². The number of likely N-dealkylation sites (N-methyl/N-ethyl adjacent to an activating group) is 1. The normalized spacial score (nSPS) is 11.2. The molecule has 0 heterocycles. The van der Waals surface area contributed by atoms with Crippen molar-refractivity contribution in [3.8, 4) is 17.2 Å². The van der Waals surface area contributed by atoms with E-state index < -0.39 is 16.9 Å². The van der Waals surface area contributed by atoms with E-state index in [1.807, 2.05) is 6.07 Å². The van der Waals surface area contributed by atoms with Crippen molar-refractivity contribution < 1.29 is 28.7 Å². The van der Waals surface area contributed by atoms with Gasteiger partial charge in [0, 0.05) is 25.2 Å². The summed E-state index contributed by atoms with van der Waals surface area (Å²) in [5.41, 5.74) is 0.571. The SMILES string of the molecule is CCNC(=O)C(C)N(Cc1cccc(OC)c1)C(=O)COc1ccc([N+](=O)[O-])c(OC)c1. The fraction of sp³-hybridized carbons (Fsp3) is 0.364. The van der Waals surface area contributed by atoms with E-state index in [0.29, 0.717) is 12.3 Å². The van der Waals surface area contributed by atoms with Crippen LogP contribution in [0, 0.1) is 10.1 Å². The van der Waals surface area contributed by atoms with Gasteiger partial charge in [0.15, 0.2) is 6.61 Å². The van der Waals surface area contributed by atoms with Gasteiger partial charge in [-0.2, -0.15) is 0 Å². The zero-order valence-corrected chi connectivity index (χ0v) is 18.5. The van der Waals surface area contributed by atoms with Crippen molar-refractivity contribution in [2.24, 2.45) is 0 Å². The van der Waals surface area contributed by atoms with Crippen LogP contribution >= 0.6 is 0 Å². The second-order valence-electron chi connectivity index (χ2n) is 6.82. The molecule has 0 radical (unpaired) electrons. The Labute approximate surface area is 186 Å². The number of nitro benzene ring substituents is 1. The maximum Gasteiger partial charge on any atom is 0.311 e. The Bertz CT molecular complexity index is 964. The van der Waals surface area contributed by atoms with E-state index >= 15 is 0 Å². The van der Waals surface area contributed by atoms with E-state index in [2.05, 4.69) is 5.32 Å². The highest BCUT2D eigenvalue weighted by atomic mass is 16.6. The second-order valence-corrected chi connectivity index (χ2v) is 6.82. The number of hydrogen-bond donors (Lipinski definition) is 1. The predicted molar refractivity (Wildman–Crippen MR) is 117 cm³/mol. The molecule has 0 saturated heterocycles. The molecule has 0 bridgehead atoms. The van der Waals surface area contributed by atoms with Gasteiger partial charge in [-0.15, -0.1) is 0 Å². The highest BCUT2D eigenvalue weighted by molar-refractivity contribution is 5.87. The Morgan fingerprint density at radius 3 is 2.50 bits per heavy atom. The molecule has 1 unspecified atom stereocenters. The van der Waals surface area contributed by atoms with E-state index in [0.717, 1.165) is 5.56 Å². The number of carbonyl (C=O) groups is 2. The van der Waals surface area contributed by atoms with Crippen molar-refractivity contribution in [3.63, 3.8) is 0 Å². The molecule has 2 aromatic carbocycles. The van der Waals surface area contributed by atoms with Crippen LogP contribution in [0.4, 0.5) is 5.69 Å². The Morgan fingerprint density at radius 2 is 1.88 bits per heavy atom. The molecule has 2 aromatic rings. The summed E-state index contributed by atoms with van der Waals surface area (Å²) in [7, 11) is 2.85. The highest BCUT2D eigenvalue weighted by Crippen LogP contribution is 2.30. The van der Waals surface area contributed by atoms with E-state index in [1.54, 1.807) is 39.2 Å². The number of amides is 2. The number of nitrogens with zero attached hydrogens (tertiary/aromatic N) is 2. The molecule has 32 heavy (non-hydrogen) atoms. The Hall–Kier alpha value is -3.82. The Morgan fingerprint density at radius 1 is 1.12 bits per heavy atom. The molecule has 0 aromatic heterocycles. The largest absolute Gasteiger partial charge is 0.497 e. The van der Waals surface area contributed by atoms with Gasteiger partial charge in [-0.05, 0) is 37.6 Å².